The van der Waals surface area contributed by atoms with Crippen LogP contribution < -0.4 is 15.4 Å². The van der Waals surface area contributed by atoms with Gasteiger partial charge >= 0.3 is 0 Å². The second-order valence-electron chi connectivity index (χ2n) is 5.80. The van der Waals surface area contributed by atoms with Crippen LogP contribution in [0.5, 0.6) is 5.75 Å². The molecule has 25 heavy (non-hydrogen) atoms. The topological polar surface area (TPSA) is 66.0 Å². The van der Waals surface area contributed by atoms with Gasteiger partial charge in [0.05, 0.1) is 7.11 Å². The molecule has 1 amide bonds. The molecule has 6 nitrogen and oxygen atoms in total. The van der Waals surface area contributed by atoms with Gasteiger partial charge in [-0.25, -0.2) is 0 Å². The summed E-state index contributed by atoms with van der Waals surface area (Å²) in [5, 5.41) is 6.18. The Labute approximate surface area is 168 Å². The fraction of sp³-hybridized carbons (Fsp3) is 0.556. The molecule has 0 bridgehead atoms. The van der Waals surface area contributed by atoms with E-state index in [4.69, 9.17) is 4.74 Å². The number of ether oxygens (including phenoxy) is 1. The summed E-state index contributed by atoms with van der Waals surface area (Å²) >= 11 is 0. The lowest BCUT2D eigenvalue weighted by atomic mass is 10.2. The fourth-order valence-corrected chi connectivity index (χ4v) is 2.20. The first-order valence-electron chi connectivity index (χ1n) is 8.34. The van der Waals surface area contributed by atoms with Crippen molar-refractivity contribution in [1.29, 1.82) is 0 Å². The van der Waals surface area contributed by atoms with Crippen molar-refractivity contribution in [3.8, 4) is 5.75 Å². The summed E-state index contributed by atoms with van der Waals surface area (Å²) in [7, 11) is 5.37. The van der Waals surface area contributed by atoms with Gasteiger partial charge in [-0.2, -0.15) is 0 Å². The highest BCUT2D eigenvalue weighted by Gasteiger charge is 2.09. The third-order valence-corrected chi connectivity index (χ3v) is 3.81. The van der Waals surface area contributed by atoms with Gasteiger partial charge in [-0.15, -0.1) is 24.0 Å². The van der Waals surface area contributed by atoms with Crippen molar-refractivity contribution in [2.24, 2.45) is 4.99 Å². The number of carbonyl (C=O) groups excluding carboxylic acids is 1. The van der Waals surface area contributed by atoms with Crippen molar-refractivity contribution < 1.29 is 9.53 Å². The van der Waals surface area contributed by atoms with E-state index in [0.717, 1.165) is 30.2 Å². The molecule has 1 unspecified atom stereocenters. The summed E-state index contributed by atoms with van der Waals surface area (Å²) in [6, 6.07) is 8.16. The minimum Gasteiger partial charge on any atom is -0.497 e. The molecule has 0 heterocycles. The zero-order valence-electron chi connectivity index (χ0n) is 15.8. The van der Waals surface area contributed by atoms with E-state index < -0.39 is 0 Å². The summed E-state index contributed by atoms with van der Waals surface area (Å²) in [5.41, 5.74) is 1.16. The number of methoxy groups -OCH3 is 1. The molecule has 0 aromatic heterocycles. The molecule has 0 aliphatic carbocycles. The molecule has 0 fully saturated rings. The number of hydrogen-bond donors (Lipinski definition) is 2. The molecule has 0 spiro atoms. The van der Waals surface area contributed by atoms with Gasteiger partial charge in [0.15, 0.2) is 5.96 Å². The Bertz CT molecular complexity index is 534. The second-order valence-corrected chi connectivity index (χ2v) is 5.80. The van der Waals surface area contributed by atoms with E-state index >= 15 is 0 Å². The van der Waals surface area contributed by atoms with Crippen LogP contribution in [-0.4, -0.2) is 50.6 Å². The van der Waals surface area contributed by atoms with Gasteiger partial charge in [0.1, 0.15) is 5.75 Å². The van der Waals surface area contributed by atoms with Crippen molar-refractivity contribution in [2.75, 3.05) is 27.7 Å². The van der Waals surface area contributed by atoms with Crippen molar-refractivity contribution in [3.05, 3.63) is 29.8 Å². The molecule has 1 atom stereocenters. The Morgan fingerprint density at radius 3 is 2.48 bits per heavy atom. The zero-order chi connectivity index (χ0) is 17.9. The van der Waals surface area contributed by atoms with Crippen molar-refractivity contribution in [1.82, 2.24) is 15.5 Å². The van der Waals surface area contributed by atoms with E-state index in [1.165, 1.54) is 0 Å². The van der Waals surface area contributed by atoms with Crippen LogP contribution in [0.1, 0.15) is 32.3 Å². The quantitative estimate of drug-likeness (QED) is 0.354. The predicted molar refractivity (Wildman–Crippen MR) is 114 cm³/mol. The zero-order valence-corrected chi connectivity index (χ0v) is 18.2. The minimum absolute atomic E-state index is 0. The maximum atomic E-state index is 11.8. The molecular weight excluding hydrogens is 431 g/mol. The van der Waals surface area contributed by atoms with Crippen molar-refractivity contribution in [2.45, 2.75) is 39.3 Å². The average molecular weight is 462 g/mol. The highest BCUT2D eigenvalue weighted by molar-refractivity contribution is 14.0. The molecule has 1 aromatic carbocycles. The predicted octanol–water partition coefficient (Wildman–Crippen LogP) is 2.63. The van der Waals surface area contributed by atoms with Crippen LogP contribution in [0.2, 0.25) is 0 Å². The second kappa shape index (κ2) is 12.8. The van der Waals surface area contributed by atoms with Gasteiger partial charge in [-0.1, -0.05) is 19.1 Å². The normalized spacial score (nSPS) is 12.0. The van der Waals surface area contributed by atoms with Crippen LogP contribution in [0.15, 0.2) is 29.3 Å². The Morgan fingerprint density at radius 2 is 1.96 bits per heavy atom. The molecular formula is C18H31IN4O2. The number of hydrogen-bond acceptors (Lipinski definition) is 3. The Balaban J connectivity index is 0.00000576. The molecule has 2 N–H and O–H groups in total. The molecule has 1 aromatic rings. The maximum Gasteiger partial charge on any atom is 0.221 e. The van der Waals surface area contributed by atoms with Crippen molar-refractivity contribution >= 4 is 35.8 Å². The van der Waals surface area contributed by atoms with Gasteiger partial charge in [0, 0.05) is 39.6 Å². The summed E-state index contributed by atoms with van der Waals surface area (Å²) in [6.07, 6.45) is 1.37. The van der Waals surface area contributed by atoms with Crippen LogP contribution >= 0.6 is 24.0 Å². The number of carbonyl (C=O) groups is 1. The van der Waals surface area contributed by atoms with Gasteiger partial charge in [-0.05, 0) is 31.0 Å². The summed E-state index contributed by atoms with van der Waals surface area (Å²) < 4.78 is 5.17. The van der Waals surface area contributed by atoms with Crippen LogP contribution in [0.4, 0.5) is 0 Å². The number of halogens is 1. The van der Waals surface area contributed by atoms with Crippen LogP contribution in [0, 0.1) is 0 Å². The molecule has 0 radical (unpaired) electrons. The first-order chi connectivity index (χ1) is 11.5. The van der Waals surface area contributed by atoms with E-state index in [1.54, 1.807) is 14.2 Å². The Kier molecular flexibility index (Phi) is 12.0. The molecule has 0 aliphatic rings. The van der Waals surface area contributed by atoms with Gasteiger partial charge in [0.25, 0.3) is 0 Å². The first kappa shape index (κ1) is 23.5. The van der Waals surface area contributed by atoms with Crippen LogP contribution in [0.25, 0.3) is 0 Å². The Morgan fingerprint density at radius 1 is 1.32 bits per heavy atom. The van der Waals surface area contributed by atoms with Crippen LogP contribution in [0.3, 0.4) is 0 Å². The van der Waals surface area contributed by atoms with E-state index in [-0.39, 0.29) is 35.9 Å². The number of benzene rings is 1. The van der Waals surface area contributed by atoms with Gasteiger partial charge < -0.3 is 20.3 Å². The lowest BCUT2D eigenvalue weighted by Gasteiger charge is -2.22. The van der Waals surface area contributed by atoms with Crippen molar-refractivity contribution in [3.63, 3.8) is 0 Å². The highest BCUT2D eigenvalue weighted by atomic mass is 127. The third kappa shape index (κ3) is 8.94. The first-order valence-corrected chi connectivity index (χ1v) is 8.34. The fourth-order valence-electron chi connectivity index (χ4n) is 2.20. The number of rotatable bonds is 8. The number of nitrogens with one attached hydrogen (secondary N) is 2. The molecule has 142 valence electrons. The highest BCUT2D eigenvalue weighted by Crippen LogP contribution is 2.12. The third-order valence-electron chi connectivity index (χ3n) is 3.81. The standard InChI is InChI=1S/C18H30N4O2.HI/c1-6-14(2)21-17(23)11-12-20-18(19-3)22(4)13-15-7-9-16(24-5)10-8-15;/h7-10,14H,6,11-13H2,1-5H3,(H,19,20)(H,21,23);1H. The van der Waals surface area contributed by atoms with Gasteiger partial charge in [0.2, 0.25) is 5.91 Å². The number of amides is 1. The smallest absolute Gasteiger partial charge is 0.221 e. The van der Waals surface area contributed by atoms with E-state index in [0.29, 0.717) is 13.0 Å². The lowest BCUT2D eigenvalue weighted by molar-refractivity contribution is -0.121. The molecule has 1 rings (SSSR count). The summed E-state index contributed by atoms with van der Waals surface area (Å²) in [5.74, 6) is 1.67. The van der Waals surface area contributed by atoms with E-state index in [1.807, 2.05) is 43.1 Å². The monoisotopic (exact) mass is 462 g/mol. The Hall–Kier alpha value is -1.51. The lowest BCUT2D eigenvalue weighted by Crippen LogP contribution is -2.41. The summed E-state index contributed by atoms with van der Waals surface area (Å²) in [4.78, 5) is 18.1. The van der Waals surface area contributed by atoms with E-state index in [9.17, 15) is 4.79 Å². The molecule has 0 saturated heterocycles. The number of guanidine groups is 1. The number of aliphatic imine (C=N–C) groups is 1. The summed E-state index contributed by atoms with van der Waals surface area (Å²) in [6.45, 7) is 5.34. The minimum atomic E-state index is 0. The van der Waals surface area contributed by atoms with Crippen LogP contribution in [-0.2, 0) is 11.3 Å². The molecule has 7 heteroatoms. The SMILES string of the molecule is CCC(C)NC(=O)CCNC(=NC)N(C)Cc1ccc(OC)cc1.I. The average Bonchev–Trinajstić information content (AvgIpc) is 2.59. The largest absolute Gasteiger partial charge is 0.497 e. The van der Waals surface area contributed by atoms with Gasteiger partial charge in [-0.3, -0.25) is 9.79 Å². The maximum absolute atomic E-state index is 11.8. The molecule has 0 aliphatic heterocycles. The van der Waals surface area contributed by atoms with E-state index in [2.05, 4.69) is 22.5 Å². The number of nitrogens with zero attached hydrogens (tertiary/aromatic N) is 2. The molecule has 0 saturated carbocycles.